The van der Waals surface area contributed by atoms with Crippen LogP contribution in [0.4, 0.5) is 0 Å². The molecule has 0 unspecified atom stereocenters. The first-order chi connectivity index (χ1) is 1.89. The Labute approximate surface area is 28.2 Å². The van der Waals surface area contributed by atoms with Crippen LogP contribution in [0.3, 0.4) is 0 Å². The topological polar surface area (TPSA) is 0 Å². The smallest absolute Gasteiger partial charge is 0.101 e. The molecule has 1 aliphatic heterocycles. The highest BCUT2D eigenvalue weighted by atomic mass is 13.8. The van der Waals surface area contributed by atoms with Gasteiger partial charge in [-0.2, -0.15) is 0 Å². The molecule has 0 nitrogen and oxygen atoms in total. The molecular formula is C2H3B2. The first-order valence-corrected chi connectivity index (χ1v) is 1.48. The summed E-state index contributed by atoms with van der Waals surface area (Å²) < 4.78 is 0. The fourth-order valence-electron chi connectivity index (χ4n) is 0.0786. The first-order valence-electron chi connectivity index (χ1n) is 1.48. The van der Waals surface area contributed by atoms with Crippen molar-refractivity contribution in [2.24, 2.45) is 0 Å². The lowest BCUT2D eigenvalue weighted by Gasteiger charge is -1.53. The van der Waals surface area contributed by atoms with Crippen LogP contribution in [0.25, 0.3) is 0 Å². The summed E-state index contributed by atoms with van der Waals surface area (Å²) in [7, 11) is 7.24. The summed E-state index contributed by atoms with van der Waals surface area (Å²) in [4.78, 5) is 0. The number of rotatable bonds is 0. The summed E-state index contributed by atoms with van der Waals surface area (Å²) in [6.07, 6.45) is 1.14. The second-order valence-electron chi connectivity index (χ2n) is 1.14. The van der Waals surface area contributed by atoms with Gasteiger partial charge in [-0.25, -0.2) is 0 Å². The molecule has 0 N–H and O–H groups in total. The average Bonchev–Trinajstić information content (AvgIpc) is 1.75. The van der Waals surface area contributed by atoms with E-state index in [1.165, 1.54) is 0 Å². The molecule has 0 aliphatic carbocycles. The van der Waals surface area contributed by atoms with Gasteiger partial charge in [-0.15, -0.1) is 5.72 Å². The highest BCUT2D eigenvalue weighted by molar-refractivity contribution is 6.63. The molecule has 1 heterocycles. The maximum atomic E-state index is 5.17. The molecule has 1 atom stereocenters. The van der Waals surface area contributed by atoms with E-state index in [4.69, 9.17) is 7.85 Å². The lowest BCUT2D eigenvalue weighted by atomic mass is 9.87. The van der Waals surface area contributed by atoms with Crippen LogP contribution in [0.1, 0.15) is 0 Å². The van der Waals surface area contributed by atoms with Crippen LogP contribution < -0.4 is 0 Å². The number of hydrogen-bond acceptors (Lipinski definition) is 0. The minimum absolute atomic E-state index is 0.458. The van der Waals surface area contributed by atoms with Crippen molar-refractivity contribution in [2.75, 3.05) is 0 Å². The van der Waals surface area contributed by atoms with Crippen molar-refractivity contribution in [1.29, 1.82) is 0 Å². The fourth-order valence-corrected chi connectivity index (χ4v) is 0.0786. The monoisotopic (exact) mass is 49.0 g/mol. The van der Waals surface area contributed by atoms with E-state index < -0.39 is 0 Å². The second kappa shape index (κ2) is 0.540. The van der Waals surface area contributed by atoms with E-state index in [0.29, 0.717) is 5.72 Å². The van der Waals surface area contributed by atoms with Crippen molar-refractivity contribution >= 4 is 15.1 Å². The van der Waals surface area contributed by atoms with Crippen molar-refractivity contribution in [1.82, 2.24) is 0 Å². The Hall–Kier alpha value is 0.130. The Kier molecular flexibility index (Phi) is 0.320. The van der Waals surface area contributed by atoms with Gasteiger partial charge < -0.3 is 0 Å². The van der Waals surface area contributed by atoms with Crippen LogP contribution in [-0.4, -0.2) is 15.1 Å². The quantitative estimate of drug-likeness (QED) is 0.339. The van der Waals surface area contributed by atoms with Crippen molar-refractivity contribution in [2.45, 2.75) is 12.0 Å². The van der Waals surface area contributed by atoms with Gasteiger partial charge in [-0.3, -0.25) is 0 Å². The zero-order valence-corrected chi connectivity index (χ0v) is 2.44. The maximum Gasteiger partial charge on any atom is 0.101 e. The van der Waals surface area contributed by atoms with E-state index in [2.05, 4.69) is 7.28 Å². The van der Waals surface area contributed by atoms with Crippen molar-refractivity contribution in [3.05, 3.63) is 0 Å². The molecule has 1 aliphatic rings. The van der Waals surface area contributed by atoms with E-state index in [0.717, 1.165) is 6.32 Å². The lowest BCUT2D eigenvalue weighted by molar-refractivity contribution is 1.56. The summed E-state index contributed by atoms with van der Waals surface area (Å²) in [6.45, 7) is 0. The molecular weight excluding hydrogens is 45.6 g/mol. The third-order valence-electron chi connectivity index (χ3n) is 0.508. The van der Waals surface area contributed by atoms with Gasteiger partial charge in [0.05, 0.1) is 7.85 Å². The molecule has 0 spiro atoms. The summed E-state index contributed by atoms with van der Waals surface area (Å²) in [5.41, 5.74) is 0.458. The molecule has 0 aromatic rings. The molecule has 1 saturated heterocycles. The van der Waals surface area contributed by atoms with Gasteiger partial charge >= 0.3 is 0 Å². The molecule has 0 aromatic carbocycles. The van der Waals surface area contributed by atoms with Crippen LogP contribution in [0.5, 0.6) is 0 Å². The summed E-state index contributed by atoms with van der Waals surface area (Å²) in [6, 6.07) is 0. The number of hydrogen-bond donors (Lipinski definition) is 0. The Morgan fingerprint density at radius 1 is 2.00 bits per heavy atom. The SMILES string of the molecule is [B][C@@H]1[B]C1. The van der Waals surface area contributed by atoms with Gasteiger partial charge in [0.15, 0.2) is 0 Å². The molecule has 0 amide bonds. The standard InChI is InChI=1S/C2H3B2/c3-2-1-4-2/h2H,1H2/t2-/m1/s1. The van der Waals surface area contributed by atoms with Gasteiger partial charge in [-0.05, 0) is 0 Å². The lowest BCUT2D eigenvalue weighted by Crippen LogP contribution is -1.54. The molecule has 1 rings (SSSR count). The molecule has 1 fully saturated rings. The predicted octanol–water partition coefficient (Wildman–Crippen LogP) is 0.0370. The minimum atomic E-state index is 0.458. The Balaban J connectivity index is 2.17. The van der Waals surface area contributed by atoms with Gasteiger partial charge in [0.25, 0.3) is 0 Å². The van der Waals surface area contributed by atoms with Crippen LogP contribution in [0, 0.1) is 0 Å². The Morgan fingerprint density at radius 3 is 2.25 bits per heavy atom. The highest BCUT2D eigenvalue weighted by Crippen LogP contribution is 2.20. The third kappa shape index (κ3) is 0.278. The third-order valence-corrected chi connectivity index (χ3v) is 0.508. The molecule has 0 aromatic heterocycles. The Bertz CT molecular complexity index is 23.2. The van der Waals surface area contributed by atoms with E-state index >= 15 is 0 Å². The van der Waals surface area contributed by atoms with Crippen molar-refractivity contribution in [3.8, 4) is 0 Å². The van der Waals surface area contributed by atoms with Gasteiger partial charge in [-0.1, -0.05) is 6.32 Å². The molecule has 17 valence electrons. The fraction of sp³-hybridized carbons (Fsp3) is 1.00. The van der Waals surface area contributed by atoms with Crippen LogP contribution in [0.15, 0.2) is 0 Å². The van der Waals surface area contributed by atoms with Crippen LogP contribution in [-0.2, 0) is 0 Å². The maximum absolute atomic E-state index is 5.17. The Morgan fingerprint density at radius 2 is 2.25 bits per heavy atom. The molecule has 0 bridgehead atoms. The zero-order chi connectivity index (χ0) is 2.99. The molecule has 0 saturated carbocycles. The van der Waals surface area contributed by atoms with E-state index in [1.807, 2.05) is 0 Å². The molecule has 3 radical (unpaired) electrons. The summed E-state index contributed by atoms with van der Waals surface area (Å²) in [5.74, 6) is 0. The van der Waals surface area contributed by atoms with Crippen LogP contribution in [0.2, 0.25) is 12.0 Å². The van der Waals surface area contributed by atoms with Gasteiger partial charge in [0, 0.05) is 0 Å². The normalized spacial score (nSPS) is 37.5. The van der Waals surface area contributed by atoms with Crippen molar-refractivity contribution in [3.63, 3.8) is 0 Å². The molecule has 4 heavy (non-hydrogen) atoms. The van der Waals surface area contributed by atoms with Gasteiger partial charge in [0.1, 0.15) is 7.28 Å². The predicted molar refractivity (Wildman–Crippen MR) is 20.1 cm³/mol. The van der Waals surface area contributed by atoms with E-state index in [9.17, 15) is 0 Å². The van der Waals surface area contributed by atoms with E-state index in [1.54, 1.807) is 0 Å². The highest BCUT2D eigenvalue weighted by Gasteiger charge is 2.14. The average molecular weight is 48.7 g/mol. The largest absolute Gasteiger partial charge is 0.109 e. The summed E-state index contributed by atoms with van der Waals surface area (Å²) >= 11 is 0. The van der Waals surface area contributed by atoms with Crippen molar-refractivity contribution < 1.29 is 0 Å². The second-order valence-corrected chi connectivity index (χ2v) is 1.14. The van der Waals surface area contributed by atoms with Crippen LogP contribution >= 0.6 is 0 Å². The zero-order valence-electron chi connectivity index (χ0n) is 2.44. The summed E-state index contributed by atoms with van der Waals surface area (Å²) in [5, 5.41) is 0. The van der Waals surface area contributed by atoms with E-state index in [-0.39, 0.29) is 0 Å². The minimum Gasteiger partial charge on any atom is -0.109 e. The first kappa shape index (κ1) is 2.37. The molecule has 2 heteroatoms. The van der Waals surface area contributed by atoms with Gasteiger partial charge in [0.2, 0.25) is 0 Å².